The normalized spacial score (nSPS) is 12.0. The van der Waals surface area contributed by atoms with Crippen LogP contribution in [-0.4, -0.2) is 13.0 Å². The highest BCUT2D eigenvalue weighted by atomic mass is 16.5. The van der Waals surface area contributed by atoms with E-state index in [1.165, 1.54) is 0 Å². The molecule has 3 aromatic rings. The lowest BCUT2D eigenvalue weighted by Gasteiger charge is -2.19. The van der Waals surface area contributed by atoms with Gasteiger partial charge >= 0.3 is 0 Å². The Morgan fingerprint density at radius 3 is 2.36 bits per heavy atom. The summed E-state index contributed by atoms with van der Waals surface area (Å²) in [5.74, 6) is -0.152. The van der Waals surface area contributed by atoms with Crippen LogP contribution in [0.4, 0.5) is 0 Å². The van der Waals surface area contributed by atoms with Crippen molar-refractivity contribution >= 4 is 16.7 Å². The fourth-order valence-corrected chi connectivity index (χ4v) is 2.53. The van der Waals surface area contributed by atoms with Crippen LogP contribution < -0.4 is 5.32 Å². The first-order valence-electron chi connectivity index (χ1n) is 7.16. The predicted molar refractivity (Wildman–Crippen MR) is 87.6 cm³/mol. The molecular weight excluding hydrogens is 274 g/mol. The molecule has 110 valence electrons. The maximum Gasteiger partial charge on any atom is 0.253 e. The molecule has 0 aliphatic carbocycles. The topological polar surface area (TPSA) is 38.3 Å². The van der Waals surface area contributed by atoms with Crippen molar-refractivity contribution in [3.63, 3.8) is 0 Å². The van der Waals surface area contributed by atoms with E-state index in [4.69, 9.17) is 4.74 Å². The number of hydrogen-bond donors (Lipinski definition) is 1. The van der Waals surface area contributed by atoms with Gasteiger partial charge in [-0.25, -0.2) is 0 Å². The van der Waals surface area contributed by atoms with E-state index in [1.807, 2.05) is 60.7 Å². The molecule has 3 nitrogen and oxygen atoms in total. The van der Waals surface area contributed by atoms with Gasteiger partial charge in [0, 0.05) is 18.2 Å². The molecule has 0 saturated carbocycles. The SMILES string of the molecule is COC(NC(=O)c1ccccc1)c1cccc2ccccc12. The number of carbonyl (C=O) groups is 1. The molecule has 1 unspecified atom stereocenters. The third-order valence-corrected chi connectivity index (χ3v) is 3.64. The van der Waals surface area contributed by atoms with Gasteiger partial charge in [0.2, 0.25) is 0 Å². The molecule has 1 atom stereocenters. The van der Waals surface area contributed by atoms with Crippen LogP contribution in [0.1, 0.15) is 22.1 Å². The largest absolute Gasteiger partial charge is 0.357 e. The van der Waals surface area contributed by atoms with Crippen molar-refractivity contribution in [1.82, 2.24) is 5.32 Å². The van der Waals surface area contributed by atoms with Crippen LogP contribution in [0.25, 0.3) is 10.8 Å². The molecule has 0 aliphatic heterocycles. The van der Waals surface area contributed by atoms with E-state index in [0.717, 1.165) is 16.3 Å². The molecule has 0 radical (unpaired) electrons. The lowest BCUT2D eigenvalue weighted by Crippen LogP contribution is -2.29. The number of fused-ring (bicyclic) bond motifs is 1. The highest BCUT2D eigenvalue weighted by Gasteiger charge is 2.16. The average Bonchev–Trinajstić information content (AvgIpc) is 2.60. The van der Waals surface area contributed by atoms with Crippen molar-refractivity contribution in [1.29, 1.82) is 0 Å². The molecule has 1 amide bonds. The number of nitrogens with one attached hydrogen (secondary N) is 1. The molecule has 3 aromatic carbocycles. The van der Waals surface area contributed by atoms with E-state index in [1.54, 1.807) is 19.2 Å². The van der Waals surface area contributed by atoms with E-state index in [0.29, 0.717) is 5.56 Å². The second-order valence-electron chi connectivity index (χ2n) is 5.02. The van der Waals surface area contributed by atoms with Gasteiger partial charge in [-0.05, 0) is 22.9 Å². The summed E-state index contributed by atoms with van der Waals surface area (Å²) in [4.78, 5) is 12.3. The number of rotatable bonds is 4. The van der Waals surface area contributed by atoms with Gasteiger partial charge in [-0.3, -0.25) is 4.79 Å². The summed E-state index contributed by atoms with van der Waals surface area (Å²) < 4.78 is 5.50. The third-order valence-electron chi connectivity index (χ3n) is 3.64. The molecular formula is C19H17NO2. The van der Waals surface area contributed by atoms with E-state index in [9.17, 15) is 4.79 Å². The zero-order valence-electron chi connectivity index (χ0n) is 12.3. The number of hydrogen-bond acceptors (Lipinski definition) is 2. The quantitative estimate of drug-likeness (QED) is 0.740. The van der Waals surface area contributed by atoms with E-state index in [-0.39, 0.29) is 5.91 Å². The van der Waals surface area contributed by atoms with Crippen molar-refractivity contribution in [2.45, 2.75) is 6.23 Å². The Bertz CT molecular complexity index is 778. The fourth-order valence-electron chi connectivity index (χ4n) is 2.53. The Labute approximate surface area is 129 Å². The molecule has 0 heterocycles. The summed E-state index contributed by atoms with van der Waals surface area (Å²) in [6.07, 6.45) is -0.487. The molecule has 0 aromatic heterocycles. The Morgan fingerprint density at radius 2 is 1.59 bits per heavy atom. The highest BCUT2D eigenvalue weighted by Crippen LogP contribution is 2.25. The molecule has 3 rings (SSSR count). The molecule has 1 N–H and O–H groups in total. The zero-order valence-corrected chi connectivity index (χ0v) is 12.3. The maximum atomic E-state index is 12.3. The Balaban J connectivity index is 1.92. The monoisotopic (exact) mass is 291 g/mol. The first-order valence-corrected chi connectivity index (χ1v) is 7.16. The lowest BCUT2D eigenvalue weighted by atomic mass is 10.0. The van der Waals surface area contributed by atoms with Crippen molar-refractivity contribution in [2.75, 3.05) is 7.11 Å². The van der Waals surface area contributed by atoms with Crippen LogP contribution in [0, 0.1) is 0 Å². The first kappa shape index (κ1) is 14.3. The number of benzene rings is 3. The maximum absolute atomic E-state index is 12.3. The molecule has 0 fully saturated rings. The van der Waals surface area contributed by atoms with Gasteiger partial charge in [-0.2, -0.15) is 0 Å². The van der Waals surface area contributed by atoms with Gasteiger partial charge in [-0.1, -0.05) is 60.7 Å². The molecule has 0 saturated heterocycles. The summed E-state index contributed by atoms with van der Waals surface area (Å²) in [6, 6.07) is 23.2. The third kappa shape index (κ3) is 2.85. The minimum atomic E-state index is -0.487. The predicted octanol–water partition coefficient (Wildman–Crippen LogP) is 3.91. The minimum Gasteiger partial charge on any atom is -0.357 e. The van der Waals surface area contributed by atoms with Crippen molar-refractivity contribution in [2.24, 2.45) is 0 Å². The molecule has 0 spiro atoms. The van der Waals surface area contributed by atoms with Crippen LogP contribution in [0.5, 0.6) is 0 Å². The number of ether oxygens (including phenoxy) is 1. The number of amides is 1. The summed E-state index contributed by atoms with van der Waals surface area (Å²) >= 11 is 0. The van der Waals surface area contributed by atoms with E-state index >= 15 is 0 Å². The van der Waals surface area contributed by atoms with Crippen molar-refractivity contribution in [3.05, 3.63) is 83.9 Å². The minimum absolute atomic E-state index is 0.152. The second-order valence-corrected chi connectivity index (χ2v) is 5.02. The average molecular weight is 291 g/mol. The van der Waals surface area contributed by atoms with Crippen LogP contribution >= 0.6 is 0 Å². The molecule has 3 heteroatoms. The van der Waals surface area contributed by atoms with Crippen LogP contribution in [0.3, 0.4) is 0 Å². The van der Waals surface area contributed by atoms with Crippen LogP contribution in [0.15, 0.2) is 72.8 Å². The van der Waals surface area contributed by atoms with Gasteiger partial charge in [0.1, 0.15) is 0 Å². The van der Waals surface area contributed by atoms with Gasteiger partial charge < -0.3 is 10.1 Å². The van der Waals surface area contributed by atoms with Crippen LogP contribution in [-0.2, 0) is 4.74 Å². The number of methoxy groups -OCH3 is 1. The smallest absolute Gasteiger partial charge is 0.253 e. The van der Waals surface area contributed by atoms with Crippen LogP contribution in [0.2, 0.25) is 0 Å². The van der Waals surface area contributed by atoms with Crippen molar-refractivity contribution < 1.29 is 9.53 Å². The Morgan fingerprint density at radius 1 is 0.909 bits per heavy atom. The Hall–Kier alpha value is -2.65. The highest BCUT2D eigenvalue weighted by molar-refractivity contribution is 5.95. The molecule has 0 aliphatic rings. The Kier molecular flexibility index (Phi) is 4.17. The standard InChI is InChI=1S/C19H17NO2/c1-22-19(20-18(21)15-9-3-2-4-10-15)17-13-7-11-14-8-5-6-12-16(14)17/h2-13,19H,1H3,(H,20,21). The zero-order chi connectivity index (χ0) is 15.4. The fraction of sp³-hybridized carbons (Fsp3) is 0.105. The molecule has 0 bridgehead atoms. The van der Waals surface area contributed by atoms with Gasteiger partial charge in [0.15, 0.2) is 6.23 Å². The van der Waals surface area contributed by atoms with E-state index < -0.39 is 6.23 Å². The summed E-state index contributed by atoms with van der Waals surface area (Å²) in [5.41, 5.74) is 1.56. The van der Waals surface area contributed by atoms with Gasteiger partial charge in [-0.15, -0.1) is 0 Å². The first-order chi connectivity index (χ1) is 10.8. The lowest BCUT2D eigenvalue weighted by molar-refractivity contribution is 0.0582. The summed E-state index contributed by atoms with van der Waals surface area (Å²) in [5, 5.41) is 5.13. The summed E-state index contributed by atoms with van der Waals surface area (Å²) in [6.45, 7) is 0. The number of carbonyl (C=O) groups excluding carboxylic acids is 1. The van der Waals surface area contributed by atoms with Crippen molar-refractivity contribution in [3.8, 4) is 0 Å². The second kappa shape index (κ2) is 6.41. The van der Waals surface area contributed by atoms with Gasteiger partial charge in [0.25, 0.3) is 5.91 Å². The van der Waals surface area contributed by atoms with E-state index in [2.05, 4.69) is 5.32 Å². The molecule has 22 heavy (non-hydrogen) atoms. The van der Waals surface area contributed by atoms with Gasteiger partial charge in [0.05, 0.1) is 0 Å². The summed E-state index contributed by atoms with van der Waals surface area (Å²) in [7, 11) is 1.59.